The quantitative estimate of drug-likeness (QED) is 0.562. The highest BCUT2D eigenvalue weighted by Gasteiger charge is 2.09. The number of esters is 1. The maximum atomic E-state index is 11.4. The lowest BCUT2D eigenvalue weighted by Gasteiger charge is -2.02. The Balaban J connectivity index is 2.52. The van der Waals surface area contributed by atoms with Crippen molar-refractivity contribution in [1.82, 2.24) is 0 Å². The molecular weight excluding hydrogens is 204 g/mol. The lowest BCUT2D eigenvalue weighted by Crippen LogP contribution is -2.11. The summed E-state index contributed by atoms with van der Waals surface area (Å²) >= 11 is 0. The fraction of sp³-hybridized carbons (Fsp3) is 0.385. The average Bonchev–Trinajstić information content (AvgIpc) is 2.29. The zero-order chi connectivity index (χ0) is 12.0. The molecule has 0 saturated carbocycles. The standard InChI is InChI=1S/C13H16O3/c1-3-10-4-6-11(7-5-10)8-12(14)9-13(15)16-2/h4-7H,3,8-9H2,1-2H3. The van der Waals surface area contributed by atoms with E-state index >= 15 is 0 Å². The number of carbonyl (C=O) groups is 2. The van der Waals surface area contributed by atoms with E-state index < -0.39 is 5.97 Å². The molecule has 1 rings (SSSR count). The molecule has 0 heterocycles. The van der Waals surface area contributed by atoms with Crippen LogP contribution in [0.1, 0.15) is 24.5 Å². The molecule has 0 spiro atoms. The lowest BCUT2D eigenvalue weighted by molar-refractivity contribution is -0.143. The Labute approximate surface area is 95.4 Å². The third-order valence-electron chi connectivity index (χ3n) is 2.40. The van der Waals surface area contributed by atoms with Crippen molar-refractivity contribution in [2.24, 2.45) is 0 Å². The van der Waals surface area contributed by atoms with Gasteiger partial charge in [0.25, 0.3) is 0 Å². The maximum Gasteiger partial charge on any atom is 0.313 e. The van der Waals surface area contributed by atoms with Gasteiger partial charge < -0.3 is 4.74 Å². The minimum atomic E-state index is -0.477. The Morgan fingerprint density at radius 1 is 1.12 bits per heavy atom. The second-order valence-electron chi connectivity index (χ2n) is 3.64. The predicted molar refractivity (Wildman–Crippen MR) is 61.2 cm³/mol. The summed E-state index contributed by atoms with van der Waals surface area (Å²) in [6.07, 6.45) is 1.13. The Hall–Kier alpha value is -1.64. The van der Waals surface area contributed by atoms with Crippen LogP contribution >= 0.6 is 0 Å². The van der Waals surface area contributed by atoms with Crippen molar-refractivity contribution in [3.63, 3.8) is 0 Å². The minimum Gasteiger partial charge on any atom is -0.469 e. The van der Waals surface area contributed by atoms with Crippen molar-refractivity contribution in [2.45, 2.75) is 26.2 Å². The van der Waals surface area contributed by atoms with Crippen molar-refractivity contribution in [3.8, 4) is 0 Å². The summed E-state index contributed by atoms with van der Waals surface area (Å²) in [5.74, 6) is -0.591. The lowest BCUT2D eigenvalue weighted by atomic mass is 10.0. The van der Waals surface area contributed by atoms with Gasteiger partial charge >= 0.3 is 5.97 Å². The maximum absolute atomic E-state index is 11.4. The van der Waals surface area contributed by atoms with E-state index in [2.05, 4.69) is 11.7 Å². The molecule has 0 aliphatic carbocycles. The van der Waals surface area contributed by atoms with Crippen molar-refractivity contribution in [2.75, 3.05) is 7.11 Å². The third-order valence-corrected chi connectivity index (χ3v) is 2.40. The molecular formula is C13H16O3. The minimum absolute atomic E-state index is 0.115. The van der Waals surface area contributed by atoms with Gasteiger partial charge in [0.1, 0.15) is 12.2 Å². The SMILES string of the molecule is CCc1ccc(CC(=O)CC(=O)OC)cc1. The fourth-order valence-electron chi connectivity index (χ4n) is 1.42. The molecule has 16 heavy (non-hydrogen) atoms. The highest BCUT2D eigenvalue weighted by atomic mass is 16.5. The van der Waals surface area contributed by atoms with E-state index in [-0.39, 0.29) is 12.2 Å². The van der Waals surface area contributed by atoms with Crippen LogP contribution in [-0.2, 0) is 27.2 Å². The molecule has 0 saturated heterocycles. The number of rotatable bonds is 5. The van der Waals surface area contributed by atoms with Gasteiger partial charge in [-0.25, -0.2) is 0 Å². The van der Waals surface area contributed by atoms with Crippen LogP contribution in [0.5, 0.6) is 0 Å². The molecule has 0 atom stereocenters. The molecule has 1 aromatic carbocycles. The van der Waals surface area contributed by atoms with Gasteiger partial charge in [-0.05, 0) is 17.5 Å². The van der Waals surface area contributed by atoms with Gasteiger partial charge in [-0.2, -0.15) is 0 Å². The molecule has 86 valence electrons. The highest BCUT2D eigenvalue weighted by molar-refractivity contribution is 5.96. The first kappa shape index (κ1) is 12.4. The first-order valence-electron chi connectivity index (χ1n) is 5.32. The van der Waals surface area contributed by atoms with E-state index in [0.29, 0.717) is 6.42 Å². The summed E-state index contributed by atoms with van der Waals surface area (Å²) < 4.78 is 4.44. The summed E-state index contributed by atoms with van der Waals surface area (Å²) in [6, 6.07) is 7.85. The van der Waals surface area contributed by atoms with Crippen LogP contribution in [0.3, 0.4) is 0 Å². The van der Waals surface area contributed by atoms with E-state index in [4.69, 9.17) is 0 Å². The Morgan fingerprint density at radius 3 is 2.19 bits per heavy atom. The molecule has 0 fully saturated rings. The fourth-order valence-corrected chi connectivity index (χ4v) is 1.42. The number of ketones is 1. The van der Waals surface area contributed by atoms with Crippen LogP contribution < -0.4 is 0 Å². The smallest absolute Gasteiger partial charge is 0.313 e. The topological polar surface area (TPSA) is 43.4 Å². The van der Waals surface area contributed by atoms with Crippen molar-refractivity contribution in [1.29, 1.82) is 0 Å². The van der Waals surface area contributed by atoms with Crippen LogP contribution in [0.25, 0.3) is 0 Å². The second-order valence-corrected chi connectivity index (χ2v) is 3.64. The van der Waals surface area contributed by atoms with Gasteiger partial charge in [-0.1, -0.05) is 31.2 Å². The molecule has 0 amide bonds. The summed E-state index contributed by atoms with van der Waals surface area (Å²) in [5.41, 5.74) is 2.18. The zero-order valence-electron chi connectivity index (χ0n) is 9.66. The monoisotopic (exact) mass is 220 g/mol. The number of hydrogen-bond donors (Lipinski definition) is 0. The third kappa shape index (κ3) is 3.85. The molecule has 0 aliphatic rings. The molecule has 0 radical (unpaired) electrons. The van der Waals surface area contributed by atoms with Gasteiger partial charge in [0, 0.05) is 6.42 Å². The first-order chi connectivity index (χ1) is 7.65. The van der Waals surface area contributed by atoms with E-state index in [1.807, 2.05) is 24.3 Å². The largest absolute Gasteiger partial charge is 0.469 e. The number of ether oxygens (including phenoxy) is 1. The normalized spacial score (nSPS) is 9.88. The van der Waals surface area contributed by atoms with Gasteiger partial charge in [0.05, 0.1) is 7.11 Å². The summed E-state index contributed by atoms with van der Waals surface area (Å²) in [7, 11) is 1.28. The van der Waals surface area contributed by atoms with Crippen LogP contribution in [0.15, 0.2) is 24.3 Å². The predicted octanol–water partition coefficient (Wildman–Crippen LogP) is 1.92. The molecule has 0 N–H and O–H groups in total. The van der Waals surface area contributed by atoms with Crippen LogP contribution in [0, 0.1) is 0 Å². The molecule has 3 nitrogen and oxygen atoms in total. The Morgan fingerprint density at radius 2 is 1.69 bits per heavy atom. The average molecular weight is 220 g/mol. The molecule has 1 aromatic rings. The Kier molecular flexibility index (Phi) is 4.70. The van der Waals surface area contributed by atoms with E-state index in [1.54, 1.807) is 0 Å². The highest BCUT2D eigenvalue weighted by Crippen LogP contribution is 2.07. The number of benzene rings is 1. The number of carbonyl (C=O) groups excluding carboxylic acids is 2. The van der Waals surface area contributed by atoms with E-state index in [9.17, 15) is 9.59 Å². The molecule has 0 aliphatic heterocycles. The van der Waals surface area contributed by atoms with Crippen molar-refractivity contribution in [3.05, 3.63) is 35.4 Å². The number of methoxy groups -OCH3 is 1. The summed E-state index contributed by atoms with van der Waals surface area (Å²) in [5, 5.41) is 0. The molecule has 3 heteroatoms. The number of hydrogen-bond acceptors (Lipinski definition) is 3. The van der Waals surface area contributed by atoms with E-state index in [0.717, 1.165) is 12.0 Å². The van der Waals surface area contributed by atoms with Crippen molar-refractivity contribution >= 4 is 11.8 Å². The van der Waals surface area contributed by atoms with Gasteiger partial charge in [0.15, 0.2) is 0 Å². The van der Waals surface area contributed by atoms with Crippen LogP contribution in [0.2, 0.25) is 0 Å². The van der Waals surface area contributed by atoms with E-state index in [1.165, 1.54) is 12.7 Å². The van der Waals surface area contributed by atoms with Crippen molar-refractivity contribution < 1.29 is 14.3 Å². The molecule has 0 unspecified atom stereocenters. The van der Waals surface area contributed by atoms with Crippen LogP contribution in [-0.4, -0.2) is 18.9 Å². The van der Waals surface area contributed by atoms with Gasteiger partial charge in [-0.15, -0.1) is 0 Å². The van der Waals surface area contributed by atoms with Gasteiger partial charge in [0.2, 0.25) is 0 Å². The summed E-state index contributed by atoms with van der Waals surface area (Å²) in [6.45, 7) is 2.08. The second kappa shape index (κ2) is 6.05. The summed E-state index contributed by atoms with van der Waals surface area (Å²) in [4.78, 5) is 22.3. The number of aryl methyl sites for hydroxylation is 1. The molecule has 0 aromatic heterocycles. The van der Waals surface area contributed by atoms with Gasteiger partial charge in [-0.3, -0.25) is 9.59 Å². The number of Topliss-reactive ketones (excluding diaryl/α,β-unsaturated/α-hetero) is 1. The Bertz CT molecular complexity index is 365. The molecule has 0 bridgehead atoms. The first-order valence-corrected chi connectivity index (χ1v) is 5.32. The zero-order valence-corrected chi connectivity index (χ0v) is 9.66. The van der Waals surface area contributed by atoms with Crippen LogP contribution in [0.4, 0.5) is 0 Å².